The van der Waals surface area contributed by atoms with Gasteiger partial charge >= 0.3 is 229 Å². The van der Waals surface area contributed by atoms with Gasteiger partial charge in [0.25, 0.3) is 0 Å². The van der Waals surface area contributed by atoms with Gasteiger partial charge in [0.15, 0.2) is 0 Å². The van der Waals surface area contributed by atoms with Crippen LogP contribution in [0.15, 0.2) is 144 Å². The molecule has 0 saturated carbocycles. The maximum absolute atomic E-state index is 4.83. The molecule has 0 N–H and O–H groups in total. The molecule has 2 aromatic heterocycles. The van der Waals surface area contributed by atoms with Crippen LogP contribution in [-0.4, -0.2) is 25.6 Å². The number of fused-ring (bicyclic) bond motifs is 2. The minimum atomic E-state index is -3.27. The molecular formula is C32H26N2S2Sn. The molecule has 6 rings (SSSR count). The molecule has 0 spiro atoms. The van der Waals surface area contributed by atoms with E-state index in [9.17, 15) is 0 Å². The fraction of sp³-hybridized carbons (Fsp3) is 0.0625. The number of rotatable bonds is 8. The zero-order valence-corrected chi connectivity index (χ0v) is 24.8. The van der Waals surface area contributed by atoms with Gasteiger partial charge in [-0.05, 0) is 0 Å². The molecule has 180 valence electrons. The zero-order valence-electron chi connectivity index (χ0n) is 20.3. The monoisotopic (exact) mass is 622 g/mol. The van der Waals surface area contributed by atoms with Gasteiger partial charge < -0.3 is 0 Å². The molecule has 0 aliphatic carbocycles. The first-order chi connectivity index (χ1) is 18.3. The summed E-state index contributed by atoms with van der Waals surface area (Å²) >= 11 is -3.27. The van der Waals surface area contributed by atoms with Crippen LogP contribution in [0.1, 0.15) is 11.1 Å². The average molecular weight is 621 g/mol. The first-order valence-electron chi connectivity index (χ1n) is 12.4. The van der Waals surface area contributed by atoms with Gasteiger partial charge in [0.05, 0.1) is 0 Å². The van der Waals surface area contributed by atoms with Gasteiger partial charge in [-0.25, -0.2) is 0 Å². The molecule has 0 aliphatic heterocycles. The summed E-state index contributed by atoms with van der Waals surface area (Å²) in [4.78, 5) is 12.2. The van der Waals surface area contributed by atoms with Crippen molar-refractivity contribution in [2.24, 2.45) is 0 Å². The Hall–Kier alpha value is -2.80. The van der Waals surface area contributed by atoms with Gasteiger partial charge in [-0.15, -0.1) is 0 Å². The predicted molar refractivity (Wildman–Crippen MR) is 161 cm³/mol. The third-order valence-electron chi connectivity index (χ3n) is 6.42. The van der Waals surface area contributed by atoms with E-state index in [1.807, 2.05) is 24.5 Å². The van der Waals surface area contributed by atoms with Gasteiger partial charge in [-0.2, -0.15) is 0 Å². The van der Waals surface area contributed by atoms with Crippen molar-refractivity contribution >= 4 is 55.3 Å². The number of nitrogens with zero attached hydrogens (tertiary/aromatic N) is 2. The number of benzene rings is 4. The van der Waals surface area contributed by atoms with E-state index >= 15 is 0 Å². The van der Waals surface area contributed by atoms with Crippen molar-refractivity contribution in [3.8, 4) is 0 Å². The van der Waals surface area contributed by atoms with Crippen molar-refractivity contribution in [1.82, 2.24) is 9.97 Å². The summed E-state index contributed by atoms with van der Waals surface area (Å²) in [5.41, 5.74) is 5.04. The topological polar surface area (TPSA) is 25.8 Å². The Labute approximate surface area is 227 Å². The van der Waals surface area contributed by atoms with Crippen molar-refractivity contribution in [2.45, 2.75) is 18.7 Å². The molecule has 37 heavy (non-hydrogen) atoms. The van der Waals surface area contributed by atoms with Crippen LogP contribution in [0, 0.1) is 0 Å². The fourth-order valence-electron chi connectivity index (χ4n) is 4.76. The third kappa shape index (κ3) is 5.71. The second kappa shape index (κ2) is 11.3. The van der Waals surface area contributed by atoms with E-state index in [0.29, 0.717) is 0 Å². The van der Waals surface area contributed by atoms with Crippen LogP contribution in [0.3, 0.4) is 0 Å². The Bertz CT molecular complexity index is 1510. The molecule has 0 bridgehead atoms. The second-order valence-electron chi connectivity index (χ2n) is 9.10. The van der Waals surface area contributed by atoms with Crippen LogP contribution in [-0.2, 0) is 8.87 Å². The van der Waals surface area contributed by atoms with Crippen LogP contribution in [0.5, 0.6) is 0 Å². The van der Waals surface area contributed by atoms with Crippen LogP contribution in [0.2, 0.25) is 0 Å². The number of hydrogen-bond donors (Lipinski definition) is 0. The van der Waals surface area contributed by atoms with Gasteiger partial charge in [0, 0.05) is 0 Å². The summed E-state index contributed by atoms with van der Waals surface area (Å²) in [6, 6.07) is 43.7. The summed E-state index contributed by atoms with van der Waals surface area (Å²) in [7, 11) is 4.28. The van der Waals surface area contributed by atoms with E-state index in [0.717, 1.165) is 19.9 Å². The number of para-hydroxylation sites is 2. The molecule has 0 radical (unpaired) electrons. The molecule has 0 aliphatic rings. The first-order valence-corrected chi connectivity index (χ1v) is 25.1. The quantitative estimate of drug-likeness (QED) is 0.159. The summed E-state index contributed by atoms with van der Waals surface area (Å²) < 4.78 is 2.21. The standard InChI is InChI=1S/2C9H7NS.2C7H7.Sn/c2*11-8-5-1-3-7-4-2-6-10-9(7)8;2*1-7-5-3-2-4-6-7;/h2*1-6,11H;2*2-6H,1H2;/q;;;;+2/p-2. The van der Waals surface area contributed by atoms with E-state index in [2.05, 4.69) is 127 Å². The Kier molecular flexibility index (Phi) is 7.49. The van der Waals surface area contributed by atoms with E-state index in [4.69, 9.17) is 9.97 Å². The summed E-state index contributed by atoms with van der Waals surface area (Å²) in [6.07, 6.45) is 3.83. The van der Waals surface area contributed by atoms with Crippen molar-refractivity contribution in [3.63, 3.8) is 0 Å². The van der Waals surface area contributed by atoms with E-state index < -0.39 is 15.6 Å². The number of aromatic nitrogens is 2. The predicted octanol–water partition coefficient (Wildman–Crippen LogP) is 8.67. The maximum atomic E-state index is 4.83. The normalized spacial score (nSPS) is 11.7. The molecule has 2 nitrogen and oxygen atoms in total. The first kappa shape index (κ1) is 24.5. The molecule has 4 aromatic carbocycles. The minimum absolute atomic E-state index is 1.10. The Morgan fingerprint density at radius 3 is 1.35 bits per heavy atom. The summed E-state index contributed by atoms with van der Waals surface area (Å²) in [6.45, 7) is 0. The van der Waals surface area contributed by atoms with Crippen LogP contribution in [0.4, 0.5) is 0 Å². The molecule has 0 saturated heterocycles. The van der Waals surface area contributed by atoms with Crippen molar-refractivity contribution in [3.05, 3.63) is 145 Å². The number of pyridine rings is 2. The molecule has 0 atom stereocenters. The van der Waals surface area contributed by atoms with Gasteiger partial charge in [0.1, 0.15) is 0 Å². The molecule has 0 amide bonds. The second-order valence-corrected chi connectivity index (χ2v) is 33.3. The Balaban J connectivity index is 1.52. The molecular weight excluding hydrogens is 595 g/mol. The summed E-state index contributed by atoms with van der Waals surface area (Å²) in [5, 5.41) is 2.40. The zero-order chi connectivity index (χ0) is 24.9. The molecule has 0 unspecified atom stereocenters. The third-order valence-corrected chi connectivity index (χ3v) is 31.0. The molecule has 5 heteroatoms. The van der Waals surface area contributed by atoms with Crippen molar-refractivity contribution in [1.29, 1.82) is 0 Å². The van der Waals surface area contributed by atoms with Gasteiger partial charge in [0.2, 0.25) is 0 Å². The van der Waals surface area contributed by atoms with Crippen LogP contribution in [0.25, 0.3) is 21.8 Å². The van der Waals surface area contributed by atoms with E-state index in [-0.39, 0.29) is 0 Å². The van der Waals surface area contributed by atoms with E-state index in [1.165, 1.54) is 31.7 Å². The Morgan fingerprint density at radius 2 is 0.892 bits per heavy atom. The van der Waals surface area contributed by atoms with Gasteiger partial charge in [-0.1, -0.05) is 0 Å². The van der Waals surface area contributed by atoms with E-state index in [1.54, 1.807) is 0 Å². The van der Waals surface area contributed by atoms with Crippen LogP contribution < -0.4 is 0 Å². The van der Waals surface area contributed by atoms with Crippen molar-refractivity contribution < 1.29 is 0 Å². The SMILES string of the molecule is c1ccc([CH2][Sn]([CH2]c2ccccc2)([S]c2cccc3cccnc23)[S]c2cccc3cccnc23)cc1. The van der Waals surface area contributed by atoms with Gasteiger partial charge in [-0.3, -0.25) is 0 Å². The molecule has 6 aromatic rings. The number of hydrogen-bond acceptors (Lipinski definition) is 4. The average Bonchev–Trinajstić information content (AvgIpc) is 2.95. The molecule has 2 heterocycles. The summed E-state index contributed by atoms with van der Waals surface area (Å²) in [5.74, 6) is 0. The van der Waals surface area contributed by atoms with Crippen LogP contribution >= 0.6 is 17.9 Å². The van der Waals surface area contributed by atoms with Crippen molar-refractivity contribution in [2.75, 3.05) is 0 Å². The Morgan fingerprint density at radius 1 is 0.459 bits per heavy atom. The fourth-order valence-corrected chi connectivity index (χ4v) is 33.4. The molecule has 0 fully saturated rings.